The van der Waals surface area contributed by atoms with Gasteiger partial charge in [0.1, 0.15) is 0 Å². The summed E-state index contributed by atoms with van der Waals surface area (Å²) in [5.41, 5.74) is 0.719. The lowest BCUT2D eigenvalue weighted by atomic mass is 10.2. The maximum atomic E-state index is 12.3. The van der Waals surface area contributed by atoms with Gasteiger partial charge in [0.25, 0.3) is 5.91 Å². The molecule has 0 aliphatic carbocycles. The minimum Gasteiger partial charge on any atom is -0.341 e. The third-order valence-electron chi connectivity index (χ3n) is 2.39. The first-order valence-corrected chi connectivity index (χ1v) is 6.82. The Morgan fingerprint density at radius 1 is 1.44 bits per heavy atom. The smallest absolute Gasteiger partial charge is 0.254 e. The van der Waals surface area contributed by atoms with Gasteiger partial charge in [0, 0.05) is 23.7 Å². The third kappa shape index (κ3) is 4.08. The van der Waals surface area contributed by atoms with Gasteiger partial charge in [0.05, 0.1) is 18.1 Å². The van der Waals surface area contributed by atoms with Gasteiger partial charge >= 0.3 is 0 Å². The molecule has 18 heavy (non-hydrogen) atoms. The van der Waals surface area contributed by atoms with Gasteiger partial charge in [0.15, 0.2) is 0 Å². The van der Waals surface area contributed by atoms with Crippen LogP contribution in [0.3, 0.4) is 0 Å². The maximum absolute atomic E-state index is 12.3. The summed E-state index contributed by atoms with van der Waals surface area (Å²) in [6, 6.07) is 9.68. The van der Waals surface area contributed by atoms with Crippen molar-refractivity contribution >= 4 is 17.7 Å². The molecule has 3 nitrogen and oxygen atoms in total. The van der Waals surface area contributed by atoms with E-state index in [1.165, 1.54) is 0 Å². The Balaban J connectivity index is 2.88. The second-order valence-electron chi connectivity index (χ2n) is 4.30. The first-order chi connectivity index (χ1) is 8.56. The van der Waals surface area contributed by atoms with Crippen LogP contribution in [-0.4, -0.2) is 29.6 Å². The summed E-state index contributed by atoms with van der Waals surface area (Å²) in [5.74, 6) is -0.0194. The number of carbonyl (C=O) groups is 1. The van der Waals surface area contributed by atoms with E-state index in [1.54, 1.807) is 23.7 Å². The normalized spacial score (nSPS) is 10.2. The van der Waals surface area contributed by atoms with Gasteiger partial charge in [-0.25, -0.2) is 0 Å². The van der Waals surface area contributed by atoms with Crippen molar-refractivity contribution in [1.82, 2.24) is 4.90 Å². The number of thioether (sulfide) groups is 1. The summed E-state index contributed by atoms with van der Waals surface area (Å²) in [7, 11) is 1.73. The van der Waals surface area contributed by atoms with Crippen LogP contribution in [0.2, 0.25) is 0 Å². The van der Waals surface area contributed by atoms with Crippen LogP contribution in [0.15, 0.2) is 29.2 Å². The van der Waals surface area contributed by atoms with Gasteiger partial charge in [-0.3, -0.25) is 4.79 Å². The van der Waals surface area contributed by atoms with E-state index in [2.05, 4.69) is 19.9 Å². The first kappa shape index (κ1) is 14.6. The summed E-state index contributed by atoms with van der Waals surface area (Å²) in [6.45, 7) is 4.67. The lowest BCUT2D eigenvalue weighted by Crippen LogP contribution is -2.28. The van der Waals surface area contributed by atoms with Crippen LogP contribution in [0, 0.1) is 11.3 Å². The van der Waals surface area contributed by atoms with Gasteiger partial charge in [-0.15, -0.1) is 11.8 Å². The fraction of sp³-hybridized carbons (Fsp3) is 0.429. The van der Waals surface area contributed by atoms with E-state index in [0.29, 0.717) is 18.2 Å². The van der Waals surface area contributed by atoms with E-state index >= 15 is 0 Å². The Bertz CT molecular complexity index is 451. The molecule has 0 fully saturated rings. The monoisotopic (exact) mass is 262 g/mol. The van der Waals surface area contributed by atoms with Crippen molar-refractivity contribution in [2.45, 2.75) is 30.4 Å². The molecule has 1 aromatic carbocycles. The minimum atomic E-state index is -0.0194. The van der Waals surface area contributed by atoms with E-state index in [4.69, 9.17) is 5.26 Å². The SMILES string of the molecule is CC(C)Sc1ccccc1C(=O)N(C)CCC#N. The molecule has 0 saturated heterocycles. The zero-order valence-electron chi connectivity index (χ0n) is 11.0. The number of nitrogens with zero attached hydrogens (tertiary/aromatic N) is 2. The van der Waals surface area contributed by atoms with Crippen LogP contribution in [-0.2, 0) is 0 Å². The fourth-order valence-electron chi connectivity index (χ4n) is 1.52. The van der Waals surface area contributed by atoms with Crippen molar-refractivity contribution in [2.75, 3.05) is 13.6 Å². The average Bonchev–Trinajstić information content (AvgIpc) is 2.35. The Hall–Kier alpha value is -1.47. The Morgan fingerprint density at radius 3 is 2.72 bits per heavy atom. The first-order valence-electron chi connectivity index (χ1n) is 5.94. The highest BCUT2D eigenvalue weighted by molar-refractivity contribution is 8.00. The van der Waals surface area contributed by atoms with Crippen LogP contribution < -0.4 is 0 Å². The topological polar surface area (TPSA) is 44.1 Å². The number of rotatable bonds is 5. The average molecular weight is 262 g/mol. The molecule has 1 amide bonds. The third-order valence-corrected chi connectivity index (χ3v) is 3.47. The molecule has 0 radical (unpaired) electrons. The molecule has 0 saturated carbocycles. The highest BCUT2D eigenvalue weighted by atomic mass is 32.2. The van der Waals surface area contributed by atoms with E-state index in [1.807, 2.05) is 24.3 Å². The zero-order chi connectivity index (χ0) is 13.5. The predicted molar refractivity (Wildman–Crippen MR) is 74.6 cm³/mol. The molecule has 0 N–H and O–H groups in total. The number of amides is 1. The molecule has 1 aromatic rings. The fourth-order valence-corrected chi connectivity index (χ4v) is 2.47. The summed E-state index contributed by atoms with van der Waals surface area (Å²) in [6.07, 6.45) is 0.363. The van der Waals surface area contributed by atoms with Gasteiger partial charge in [-0.05, 0) is 12.1 Å². The van der Waals surface area contributed by atoms with Crippen LogP contribution in [0.1, 0.15) is 30.6 Å². The van der Waals surface area contributed by atoms with E-state index < -0.39 is 0 Å². The predicted octanol–water partition coefficient (Wildman–Crippen LogP) is 3.17. The van der Waals surface area contributed by atoms with E-state index in [-0.39, 0.29) is 5.91 Å². The van der Waals surface area contributed by atoms with Crippen LogP contribution in [0.25, 0.3) is 0 Å². The summed E-state index contributed by atoms with van der Waals surface area (Å²) in [4.78, 5) is 14.9. The quantitative estimate of drug-likeness (QED) is 0.766. The molecule has 0 spiro atoms. The lowest BCUT2D eigenvalue weighted by molar-refractivity contribution is 0.0794. The molecule has 0 aliphatic heterocycles. The van der Waals surface area contributed by atoms with Gasteiger partial charge in [-0.2, -0.15) is 5.26 Å². The van der Waals surface area contributed by atoms with Crippen molar-refractivity contribution in [3.63, 3.8) is 0 Å². The van der Waals surface area contributed by atoms with Crippen LogP contribution in [0.5, 0.6) is 0 Å². The second kappa shape index (κ2) is 7.07. The summed E-state index contributed by atoms with van der Waals surface area (Å²) < 4.78 is 0. The van der Waals surface area contributed by atoms with Crippen molar-refractivity contribution in [3.8, 4) is 6.07 Å². The second-order valence-corrected chi connectivity index (χ2v) is 5.92. The molecular formula is C14H18N2OS. The van der Waals surface area contributed by atoms with E-state index in [9.17, 15) is 4.79 Å². The highest BCUT2D eigenvalue weighted by Crippen LogP contribution is 2.27. The zero-order valence-corrected chi connectivity index (χ0v) is 11.8. The van der Waals surface area contributed by atoms with Crippen molar-refractivity contribution in [1.29, 1.82) is 5.26 Å². The molecule has 1 rings (SSSR count). The number of hydrogen-bond donors (Lipinski definition) is 0. The van der Waals surface area contributed by atoms with Gasteiger partial charge < -0.3 is 4.90 Å². The maximum Gasteiger partial charge on any atom is 0.254 e. The number of carbonyl (C=O) groups excluding carboxylic acids is 1. The molecule has 96 valence electrons. The molecule has 0 aliphatic rings. The molecular weight excluding hydrogens is 244 g/mol. The summed E-state index contributed by atoms with van der Waals surface area (Å²) >= 11 is 1.68. The standard InChI is InChI=1S/C14H18N2OS/c1-11(2)18-13-8-5-4-7-12(13)14(17)16(3)10-6-9-15/h4-5,7-8,11H,6,10H2,1-3H3. The highest BCUT2D eigenvalue weighted by Gasteiger charge is 2.15. The number of hydrogen-bond acceptors (Lipinski definition) is 3. The van der Waals surface area contributed by atoms with Crippen LogP contribution in [0.4, 0.5) is 0 Å². The van der Waals surface area contributed by atoms with Crippen molar-refractivity contribution in [2.24, 2.45) is 0 Å². The lowest BCUT2D eigenvalue weighted by Gasteiger charge is -2.18. The largest absolute Gasteiger partial charge is 0.341 e. The molecule has 0 heterocycles. The number of benzene rings is 1. The Kier molecular flexibility index (Phi) is 5.73. The van der Waals surface area contributed by atoms with Crippen LogP contribution >= 0.6 is 11.8 Å². The molecule has 0 aromatic heterocycles. The summed E-state index contributed by atoms with van der Waals surface area (Å²) in [5, 5.41) is 8.98. The van der Waals surface area contributed by atoms with Gasteiger partial charge in [0.2, 0.25) is 0 Å². The van der Waals surface area contributed by atoms with Crippen molar-refractivity contribution in [3.05, 3.63) is 29.8 Å². The van der Waals surface area contributed by atoms with Crippen molar-refractivity contribution < 1.29 is 4.79 Å². The molecule has 0 atom stereocenters. The Labute approximate surface area is 113 Å². The minimum absolute atomic E-state index is 0.0194. The molecule has 4 heteroatoms. The van der Waals surface area contributed by atoms with Gasteiger partial charge in [-0.1, -0.05) is 26.0 Å². The Morgan fingerprint density at radius 2 is 2.11 bits per heavy atom. The number of nitriles is 1. The molecule has 0 unspecified atom stereocenters. The van der Waals surface area contributed by atoms with E-state index in [0.717, 1.165) is 10.5 Å². The molecule has 0 bridgehead atoms.